The molecule has 0 radical (unpaired) electrons. The van der Waals surface area contributed by atoms with Crippen molar-refractivity contribution in [3.8, 4) is 0 Å². The summed E-state index contributed by atoms with van der Waals surface area (Å²) in [5, 5.41) is 7.48. The molecule has 1 aromatic rings. The molecule has 1 unspecified atom stereocenters. The summed E-state index contributed by atoms with van der Waals surface area (Å²) in [6.07, 6.45) is 9.79. The number of imide groups is 2. The van der Waals surface area contributed by atoms with Crippen molar-refractivity contribution >= 4 is 17.8 Å². The van der Waals surface area contributed by atoms with E-state index in [4.69, 9.17) is 0 Å². The molecule has 1 aliphatic carbocycles. The number of nitrogens with one attached hydrogen (secondary N) is 3. The van der Waals surface area contributed by atoms with Gasteiger partial charge in [-0.15, -0.1) is 0 Å². The molecule has 1 atom stereocenters. The van der Waals surface area contributed by atoms with Crippen LogP contribution in [0.15, 0.2) is 30.3 Å². The number of hydrogen-bond donors (Lipinski definition) is 3. The van der Waals surface area contributed by atoms with Crippen molar-refractivity contribution in [2.75, 3.05) is 7.05 Å². The quantitative estimate of drug-likeness (QED) is 0.654. The first-order valence-electron chi connectivity index (χ1n) is 10.4. The maximum atomic E-state index is 11.4. The third-order valence-corrected chi connectivity index (χ3v) is 5.58. The van der Waals surface area contributed by atoms with E-state index in [0.717, 1.165) is 17.5 Å². The normalized spacial score (nSPS) is 19.3. The summed E-state index contributed by atoms with van der Waals surface area (Å²) >= 11 is 0. The summed E-state index contributed by atoms with van der Waals surface area (Å²) in [4.78, 5) is 33.7. The van der Waals surface area contributed by atoms with Crippen LogP contribution in [0.1, 0.15) is 57.4 Å². The fraction of sp³-hybridized carbons (Fsp3) is 0.591. The molecule has 0 bridgehead atoms. The topological polar surface area (TPSA) is 87.3 Å². The van der Waals surface area contributed by atoms with Crippen molar-refractivity contribution < 1.29 is 14.4 Å². The number of carbonyl (C=O) groups excluding carboxylic acids is 3. The molecule has 2 fully saturated rings. The molecule has 3 N–H and O–H groups in total. The Labute approximate surface area is 167 Å². The van der Waals surface area contributed by atoms with E-state index in [1.807, 2.05) is 30.3 Å². The van der Waals surface area contributed by atoms with E-state index >= 15 is 0 Å². The Balaban J connectivity index is 0.000000221. The minimum atomic E-state index is -0.784. The van der Waals surface area contributed by atoms with Gasteiger partial charge in [-0.25, -0.2) is 4.79 Å². The van der Waals surface area contributed by atoms with Crippen molar-refractivity contribution in [3.63, 3.8) is 0 Å². The molecule has 6 heteroatoms. The molecule has 1 heterocycles. The number of amides is 4. The van der Waals surface area contributed by atoms with E-state index < -0.39 is 23.8 Å². The first-order valence-corrected chi connectivity index (χ1v) is 10.4. The summed E-state index contributed by atoms with van der Waals surface area (Å²) in [5.74, 6) is -0.802. The van der Waals surface area contributed by atoms with Gasteiger partial charge in [0.1, 0.15) is 5.92 Å². The molecule has 28 heavy (non-hydrogen) atoms. The van der Waals surface area contributed by atoms with Gasteiger partial charge in [-0.05, 0) is 44.7 Å². The lowest BCUT2D eigenvalue weighted by molar-refractivity contribution is -0.136. The van der Waals surface area contributed by atoms with Crippen LogP contribution in [0.25, 0.3) is 0 Å². The van der Waals surface area contributed by atoms with Gasteiger partial charge in [-0.2, -0.15) is 0 Å². The highest BCUT2D eigenvalue weighted by Crippen LogP contribution is 2.27. The van der Waals surface area contributed by atoms with E-state index in [1.54, 1.807) is 0 Å². The molecule has 154 valence electrons. The number of barbiturate groups is 1. The average molecular weight is 388 g/mol. The maximum Gasteiger partial charge on any atom is 0.328 e. The number of aryl methyl sites for hydroxylation is 1. The van der Waals surface area contributed by atoms with Crippen LogP contribution in [0.5, 0.6) is 0 Å². The van der Waals surface area contributed by atoms with Gasteiger partial charge in [-0.3, -0.25) is 20.2 Å². The molecule has 1 saturated carbocycles. The lowest BCUT2D eigenvalue weighted by Crippen LogP contribution is -2.55. The summed E-state index contributed by atoms with van der Waals surface area (Å²) in [6, 6.07) is 9.56. The van der Waals surface area contributed by atoms with Crippen LogP contribution in [0.4, 0.5) is 4.79 Å². The fourth-order valence-electron chi connectivity index (χ4n) is 3.81. The lowest BCUT2D eigenvalue weighted by Gasteiger charge is -2.24. The monoisotopic (exact) mass is 387 g/mol. The Kier molecular flexibility index (Phi) is 9.14. The Morgan fingerprint density at radius 1 is 1.00 bits per heavy atom. The van der Waals surface area contributed by atoms with Crippen molar-refractivity contribution in [2.24, 2.45) is 11.8 Å². The molecule has 2 aliphatic rings. The second-order valence-corrected chi connectivity index (χ2v) is 7.81. The Morgan fingerprint density at radius 2 is 1.61 bits per heavy atom. The summed E-state index contributed by atoms with van der Waals surface area (Å²) in [5.41, 5.74) is 1.06. The summed E-state index contributed by atoms with van der Waals surface area (Å²) in [6.45, 7) is 2.29. The minimum absolute atomic E-state index is 0.398. The molecule has 1 aromatic carbocycles. The van der Waals surface area contributed by atoms with Crippen LogP contribution in [0, 0.1) is 11.8 Å². The number of benzene rings is 1. The predicted molar refractivity (Wildman–Crippen MR) is 110 cm³/mol. The predicted octanol–water partition coefficient (Wildman–Crippen LogP) is 3.17. The van der Waals surface area contributed by atoms with Crippen molar-refractivity contribution in [3.05, 3.63) is 35.9 Å². The Morgan fingerprint density at radius 3 is 2.18 bits per heavy atom. The molecule has 0 aromatic heterocycles. The number of urea groups is 1. The van der Waals surface area contributed by atoms with Gasteiger partial charge in [-0.1, -0.05) is 62.4 Å². The zero-order valence-electron chi connectivity index (χ0n) is 17.0. The average Bonchev–Trinajstić information content (AvgIpc) is 2.69. The van der Waals surface area contributed by atoms with Gasteiger partial charge in [0.05, 0.1) is 0 Å². The van der Waals surface area contributed by atoms with Crippen LogP contribution in [-0.2, 0) is 16.0 Å². The van der Waals surface area contributed by atoms with Crippen LogP contribution in [0.2, 0.25) is 0 Å². The van der Waals surface area contributed by atoms with Crippen LogP contribution < -0.4 is 16.0 Å². The van der Waals surface area contributed by atoms with E-state index in [2.05, 4.69) is 29.9 Å². The van der Waals surface area contributed by atoms with Crippen molar-refractivity contribution in [1.29, 1.82) is 0 Å². The van der Waals surface area contributed by atoms with Crippen LogP contribution in [-0.4, -0.2) is 30.9 Å². The molecule has 3 rings (SSSR count). The number of carbonyl (C=O) groups is 3. The number of rotatable bonds is 6. The van der Waals surface area contributed by atoms with Crippen molar-refractivity contribution in [2.45, 2.75) is 64.3 Å². The molecule has 6 nitrogen and oxygen atoms in total. The van der Waals surface area contributed by atoms with Gasteiger partial charge < -0.3 is 5.32 Å². The second kappa shape index (κ2) is 11.6. The molecular weight excluding hydrogens is 354 g/mol. The lowest BCUT2D eigenvalue weighted by atomic mass is 9.85. The SMILES string of the molecule is CNC(C)CC1CCCCC1.O=C1NC(=O)C(CCc2ccccc2)C(=O)N1. The van der Waals surface area contributed by atoms with Gasteiger partial charge >= 0.3 is 6.03 Å². The Hall–Kier alpha value is -2.21. The molecule has 1 saturated heterocycles. The summed E-state index contributed by atoms with van der Waals surface area (Å²) in [7, 11) is 2.06. The van der Waals surface area contributed by atoms with Crippen molar-refractivity contribution in [1.82, 2.24) is 16.0 Å². The minimum Gasteiger partial charge on any atom is -0.317 e. The second-order valence-electron chi connectivity index (χ2n) is 7.81. The smallest absolute Gasteiger partial charge is 0.317 e. The van der Waals surface area contributed by atoms with E-state index in [1.165, 1.54) is 38.5 Å². The third-order valence-electron chi connectivity index (χ3n) is 5.58. The van der Waals surface area contributed by atoms with Gasteiger partial charge in [0.2, 0.25) is 11.8 Å². The third kappa shape index (κ3) is 7.43. The molecular formula is C22H33N3O3. The van der Waals surface area contributed by atoms with E-state index in [0.29, 0.717) is 12.8 Å². The Bertz CT molecular complexity index is 622. The van der Waals surface area contributed by atoms with Crippen LogP contribution in [0.3, 0.4) is 0 Å². The highest BCUT2D eigenvalue weighted by atomic mass is 16.2. The van der Waals surface area contributed by atoms with Crippen LogP contribution >= 0.6 is 0 Å². The largest absolute Gasteiger partial charge is 0.328 e. The molecule has 1 aliphatic heterocycles. The number of hydrogen-bond acceptors (Lipinski definition) is 4. The standard InChI is InChI=1S/C12H12N2O3.C10H21N/c15-10-9(11(16)14-12(17)13-10)7-6-8-4-2-1-3-5-8;1-9(11-2)8-10-6-4-3-5-7-10/h1-5,9H,6-7H2,(H2,13,14,15,16,17);9-11H,3-8H2,1-2H3. The van der Waals surface area contributed by atoms with Gasteiger partial charge in [0, 0.05) is 6.04 Å². The zero-order valence-corrected chi connectivity index (χ0v) is 17.0. The van der Waals surface area contributed by atoms with Gasteiger partial charge in [0.15, 0.2) is 0 Å². The van der Waals surface area contributed by atoms with E-state index in [9.17, 15) is 14.4 Å². The fourth-order valence-corrected chi connectivity index (χ4v) is 3.81. The maximum absolute atomic E-state index is 11.4. The summed E-state index contributed by atoms with van der Waals surface area (Å²) < 4.78 is 0. The van der Waals surface area contributed by atoms with E-state index in [-0.39, 0.29) is 0 Å². The zero-order chi connectivity index (χ0) is 20.4. The highest BCUT2D eigenvalue weighted by molar-refractivity contribution is 6.16. The first-order chi connectivity index (χ1) is 13.5. The molecule has 4 amide bonds. The highest BCUT2D eigenvalue weighted by Gasteiger charge is 2.33. The molecule has 0 spiro atoms. The van der Waals surface area contributed by atoms with Gasteiger partial charge in [0.25, 0.3) is 0 Å². The first kappa shape index (κ1) is 22.1.